The molecule has 0 N–H and O–H groups in total. The van der Waals surface area contributed by atoms with E-state index in [2.05, 4.69) is 4.74 Å². The number of benzene rings is 1. The lowest BCUT2D eigenvalue weighted by atomic mass is 9.89. The quantitative estimate of drug-likeness (QED) is 0.348. The molecule has 0 saturated carbocycles. The second-order valence-electron chi connectivity index (χ2n) is 2.68. The third-order valence-electron chi connectivity index (χ3n) is 1.82. The van der Waals surface area contributed by atoms with Crippen LogP contribution >= 0.6 is 0 Å². The van der Waals surface area contributed by atoms with Crippen molar-refractivity contribution in [3.05, 3.63) is 29.3 Å². The van der Waals surface area contributed by atoms with E-state index in [9.17, 15) is 9.59 Å². The standard InChI is InChI=1S/C9H9BO3/c1-13-9(12)6-2-3-7(5-11)8(10)4-6/h2-5H,10H2,1H3. The van der Waals surface area contributed by atoms with E-state index < -0.39 is 0 Å². The number of esters is 1. The summed E-state index contributed by atoms with van der Waals surface area (Å²) in [5.41, 5.74) is 1.83. The van der Waals surface area contributed by atoms with Crippen molar-refractivity contribution in [1.29, 1.82) is 0 Å². The van der Waals surface area contributed by atoms with Crippen LogP contribution in [0.2, 0.25) is 0 Å². The molecule has 0 aromatic heterocycles. The summed E-state index contributed by atoms with van der Waals surface area (Å²) in [5, 5.41) is 0. The minimum absolute atomic E-state index is 0.388. The van der Waals surface area contributed by atoms with Gasteiger partial charge in [0.2, 0.25) is 0 Å². The van der Waals surface area contributed by atoms with Gasteiger partial charge in [-0.1, -0.05) is 17.6 Å². The molecular weight excluding hydrogens is 167 g/mol. The minimum Gasteiger partial charge on any atom is -0.465 e. The summed E-state index contributed by atoms with van der Waals surface area (Å²) in [4.78, 5) is 21.5. The van der Waals surface area contributed by atoms with Crippen LogP contribution in [0.15, 0.2) is 18.2 Å². The van der Waals surface area contributed by atoms with Crippen molar-refractivity contribution in [2.75, 3.05) is 7.11 Å². The van der Waals surface area contributed by atoms with Gasteiger partial charge in [0.25, 0.3) is 0 Å². The van der Waals surface area contributed by atoms with Gasteiger partial charge >= 0.3 is 5.97 Å². The molecule has 4 heteroatoms. The molecule has 0 unspecified atom stereocenters. The zero-order valence-corrected chi connectivity index (χ0v) is 7.53. The summed E-state index contributed by atoms with van der Waals surface area (Å²) in [6.07, 6.45) is 0.760. The van der Waals surface area contributed by atoms with Gasteiger partial charge in [-0.2, -0.15) is 0 Å². The Balaban J connectivity index is 3.09. The third kappa shape index (κ3) is 1.96. The molecule has 3 nitrogen and oxygen atoms in total. The maximum atomic E-state index is 11.1. The maximum absolute atomic E-state index is 11.1. The number of ether oxygens (including phenoxy) is 1. The van der Waals surface area contributed by atoms with Gasteiger partial charge in [0.05, 0.1) is 12.7 Å². The van der Waals surface area contributed by atoms with Crippen LogP contribution in [0.5, 0.6) is 0 Å². The number of carbonyl (C=O) groups is 2. The summed E-state index contributed by atoms with van der Waals surface area (Å²) in [6, 6.07) is 4.81. The first-order chi connectivity index (χ1) is 6.19. The third-order valence-corrected chi connectivity index (χ3v) is 1.82. The lowest BCUT2D eigenvalue weighted by Gasteiger charge is -2.01. The second-order valence-corrected chi connectivity index (χ2v) is 2.68. The van der Waals surface area contributed by atoms with Crippen LogP contribution in [0.3, 0.4) is 0 Å². The van der Waals surface area contributed by atoms with E-state index in [1.165, 1.54) is 7.11 Å². The molecule has 0 aliphatic heterocycles. The van der Waals surface area contributed by atoms with Crippen LogP contribution in [-0.2, 0) is 4.74 Å². The number of aldehydes is 1. The average molecular weight is 176 g/mol. The van der Waals surface area contributed by atoms with Gasteiger partial charge < -0.3 is 4.74 Å². The summed E-state index contributed by atoms with van der Waals surface area (Å²) in [7, 11) is 3.10. The van der Waals surface area contributed by atoms with Crippen LogP contribution in [-0.4, -0.2) is 27.2 Å². The first-order valence-electron chi connectivity index (χ1n) is 3.83. The van der Waals surface area contributed by atoms with Gasteiger partial charge in [0, 0.05) is 5.56 Å². The van der Waals surface area contributed by atoms with E-state index in [4.69, 9.17) is 0 Å². The molecule has 0 atom stereocenters. The van der Waals surface area contributed by atoms with Crippen LogP contribution in [0, 0.1) is 0 Å². The zero-order chi connectivity index (χ0) is 9.84. The molecule has 0 radical (unpaired) electrons. The Kier molecular flexibility index (Phi) is 2.85. The zero-order valence-electron chi connectivity index (χ0n) is 7.53. The number of rotatable bonds is 2. The average Bonchev–Trinajstić information content (AvgIpc) is 2.16. The molecule has 0 fully saturated rings. The monoisotopic (exact) mass is 176 g/mol. The summed E-state index contributed by atoms with van der Waals surface area (Å²) >= 11 is 0. The van der Waals surface area contributed by atoms with Crippen molar-refractivity contribution in [3.8, 4) is 0 Å². The molecule has 0 saturated heterocycles. The Hall–Kier alpha value is -1.58. The summed E-state index contributed by atoms with van der Waals surface area (Å²) < 4.78 is 4.54. The number of hydrogen-bond donors (Lipinski definition) is 0. The van der Waals surface area contributed by atoms with Gasteiger partial charge in [-0.15, -0.1) is 0 Å². The minimum atomic E-state index is -0.388. The lowest BCUT2D eigenvalue weighted by molar-refractivity contribution is 0.0600. The van der Waals surface area contributed by atoms with Gasteiger partial charge in [0.1, 0.15) is 14.1 Å². The van der Waals surface area contributed by atoms with Crippen molar-refractivity contribution in [2.24, 2.45) is 0 Å². The molecule has 0 aliphatic carbocycles. The van der Waals surface area contributed by atoms with E-state index >= 15 is 0 Å². The first-order valence-corrected chi connectivity index (χ1v) is 3.83. The molecule has 1 aromatic carbocycles. The highest BCUT2D eigenvalue weighted by Crippen LogP contribution is 2.00. The van der Waals surface area contributed by atoms with Gasteiger partial charge in [0.15, 0.2) is 0 Å². The fourth-order valence-electron chi connectivity index (χ4n) is 1.05. The van der Waals surface area contributed by atoms with Crippen molar-refractivity contribution in [3.63, 3.8) is 0 Å². The molecule has 66 valence electrons. The predicted molar refractivity (Wildman–Crippen MR) is 51.3 cm³/mol. The fraction of sp³-hybridized carbons (Fsp3) is 0.111. The van der Waals surface area contributed by atoms with E-state index in [0.29, 0.717) is 11.1 Å². The largest absolute Gasteiger partial charge is 0.465 e. The van der Waals surface area contributed by atoms with E-state index in [1.54, 1.807) is 26.0 Å². The molecule has 0 amide bonds. The van der Waals surface area contributed by atoms with Crippen LogP contribution < -0.4 is 5.46 Å². The topological polar surface area (TPSA) is 43.4 Å². The predicted octanol–water partition coefficient (Wildman–Crippen LogP) is -0.456. The Morgan fingerprint density at radius 2 is 2.23 bits per heavy atom. The normalized spacial score (nSPS) is 9.31. The van der Waals surface area contributed by atoms with Crippen LogP contribution in [0.1, 0.15) is 20.7 Å². The van der Waals surface area contributed by atoms with E-state index in [1.807, 2.05) is 0 Å². The molecule has 0 heterocycles. The van der Waals surface area contributed by atoms with Crippen LogP contribution in [0.4, 0.5) is 0 Å². The van der Waals surface area contributed by atoms with Crippen molar-refractivity contribution < 1.29 is 14.3 Å². The number of hydrogen-bond acceptors (Lipinski definition) is 3. The van der Waals surface area contributed by atoms with Crippen molar-refractivity contribution >= 4 is 25.6 Å². The SMILES string of the molecule is Bc1cc(C(=O)OC)ccc1C=O. The Bertz CT molecular complexity index is 347. The lowest BCUT2D eigenvalue weighted by Crippen LogP contribution is -2.13. The molecular formula is C9H9BO3. The molecule has 0 aliphatic rings. The van der Waals surface area contributed by atoms with E-state index in [-0.39, 0.29) is 5.97 Å². The number of methoxy groups -OCH3 is 1. The molecule has 1 rings (SSSR count). The Morgan fingerprint density at radius 1 is 1.54 bits per heavy atom. The highest BCUT2D eigenvalue weighted by molar-refractivity contribution is 6.35. The van der Waals surface area contributed by atoms with Gasteiger partial charge in [-0.3, -0.25) is 4.79 Å². The second kappa shape index (κ2) is 3.89. The van der Waals surface area contributed by atoms with Gasteiger partial charge in [-0.05, 0) is 6.07 Å². The highest BCUT2D eigenvalue weighted by atomic mass is 16.5. The van der Waals surface area contributed by atoms with Gasteiger partial charge in [-0.25, -0.2) is 4.79 Å². The maximum Gasteiger partial charge on any atom is 0.337 e. The molecule has 1 aromatic rings. The van der Waals surface area contributed by atoms with Crippen molar-refractivity contribution in [2.45, 2.75) is 0 Å². The molecule has 13 heavy (non-hydrogen) atoms. The Labute approximate surface area is 77.1 Å². The molecule has 0 bridgehead atoms. The van der Waals surface area contributed by atoms with Crippen molar-refractivity contribution in [1.82, 2.24) is 0 Å². The molecule has 0 spiro atoms. The van der Waals surface area contributed by atoms with E-state index in [0.717, 1.165) is 11.7 Å². The number of carbonyl (C=O) groups excluding carboxylic acids is 2. The summed E-state index contributed by atoms with van der Waals surface area (Å²) in [5.74, 6) is -0.388. The first kappa shape index (κ1) is 9.51. The smallest absolute Gasteiger partial charge is 0.337 e. The van der Waals surface area contributed by atoms with Crippen LogP contribution in [0.25, 0.3) is 0 Å². The Morgan fingerprint density at radius 3 is 2.69 bits per heavy atom. The fourth-order valence-corrected chi connectivity index (χ4v) is 1.05. The summed E-state index contributed by atoms with van der Waals surface area (Å²) in [6.45, 7) is 0. The highest BCUT2D eigenvalue weighted by Gasteiger charge is 2.06.